The topological polar surface area (TPSA) is 83.1 Å². The van der Waals surface area contributed by atoms with Gasteiger partial charge < -0.3 is 14.8 Å². The summed E-state index contributed by atoms with van der Waals surface area (Å²) in [7, 11) is 4.26. The molecular weight excluding hydrogens is 468 g/mol. The number of carbonyl (C=O) groups is 2. The third-order valence-corrected chi connectivity index (χ3v) is 8.90. The third kappa shape index (κ3) is 6.58. The first-order valence-electron chi connectivity index (χ1n) is 13.4. The first-order valence-corrected chi connectivity index (χ1v) is 13.4. The van der Waals surface area contributed by atoms with Crippen LogP contribution in [0.5, 0.6) is 5.75 Å². The Morgan fingerprint density at radius 3 is 1.81 bits per heavy atom. The molecule has 0 bridgehead atoms. The van der Waals surface area contributed by atoms with Gasteiger partial charge in [0, 0.05) is 46.6 Å². The number of rotatable bonds is 4. The predicted molar refractivity (Wildman–Crippen MR) is 148 cm³/mol. The van der Waals surface area contributed by atoms with Gasteiger partial charge in [-0.05, 0) is 101 Å². The zero-order chi connectivity index (χ0) is 28.0. The molecule has 1 aromatic rings. The van der Waals surface area contributed by atoms with E-state index < -0.39 is 12.2 Å². The first kappa shape index (κ1) is 29.2. The zero-order valence-corrected chi connectivity index (χ0v) is 24.7. The molecule has 0 saturated carbocycles. The standard InChI is InChI=1S/C29H48N4O4/c1-19-22(31-25(35)36-21-17-28(6,7)33(11)29(8,9)18-21)13-12-14-23(19)37-24(34)30-20-15-26(2,3)32(10)27(4,5)16-20/h12-14,20-21H,15-18H2,1-11H3,(H,30,34)(H,31,35). The summed E-state index contributed by atoms with van der Waals surface area (Å²) in [4.78, 5) is 30.3. The molecule has 2 aliphatic heterocycles. The Morgan fingerprint density at radius 2 is 1.30 bits per heavy atom. The highest BCUT2D eigenvalue weighted by Gasteiger charge is 2.45. The lowest BCUT2D eigenvalue weighted by Crippen LogP contribution is -2.62. The molecule has 0 unspecified atom stereocenters. The van der Waals surface area contributed by atoms with E-state index in [0.717, 1.165) is 25.7 Å². The van der Waals surface area contributed by atoms with Gasteiger partial charge in [-0.3, -0.25) is 15.1 Å². The fourth-order valence-electron chi connectivity index (χ4n) is 6.28. The van der Waals surface area contributed by atoms with Gasteiger partial charge >= 0.3 is 12.2 Å². The Kier molecular flexibility index (Phi) is 7.98. The average Bonchev–Trinajstić information content (AvgIpc) is 2.72. The van der Waals surface area contributed by atoms with E-state index in [4.69, 9.17) is 9.47 Å². The maximum Gasteiger partial charge on any atom is 0.412 e. The van der Waals surface area contributed by atoms with Crippen molar-refractivity contribution in [1.29, 1.82) is 0 Å². The van der Waals surface area contributed by atoms with Gasteiger partial charge in [0.1, 0.15) is 11.9 Å². The highest BCUT2D eigenvalue weighted by molar-refractivity contribution is 5.86. The monoisotopic (exact) mass is 516 g/mol. The molecule has 208 valence electrons. The van der Waals surface area contributed by atoms with Gasteiger partial charge in [-0.25, -0.2) is 9.59 Å². The molecule has 3 rings (SSSR count). The van der Waals surface area contributed by atoms with E-state index in [1.165, 1.54) is 0 Å². The second kappa shape index (κ2) is 10.1. The van der Waals surface area contributed by atoms with Crippen LogP contribution in [0.1, 0.15) is 86.6 Å². The molecule has 2 saturated heterocycles. The van der Waals surface area contributed by atoms with Crippen molar-refractivity contribution in [3.8, 4) is 5.75 Å². The molecule has 2 aliphatic rings. The van der Waals surface area contributed by atoms with Crippen molar-refractivity contribution < 1.29 is 19.1 Å². The van der Waals surface area contributed by atoms with Gasteiger partial charge in [0.2, 0.25) is 0 Å². The van der Waals surface area contributed by atoms with Gasteiger partial charge in [0.25, 0.3) is 0 Å². The van der Waals surface area contributed by atoms with E-state index in [0.29, 0.717) is 17.0 Å². The Labute approximate surface area is 223 Å². The van der Waals surface area contributed by atoms with Crippen LogP contribution in [0.3, 0.4) is 0 Å². The maximum atomic E-state index is 12.8. The number of nitrogens with one attached hydrogen (secondary N) is 2. The van der Waals surface area contributed by atoms with Gasteiger partial charge in [-0.2, -0.15) is 0 Å². The van der Waals surface area contributed by atoms with Crippen molar-refractivity contribution in [2.75, 3.05) is 19.4 Å². The normalized spacial score (nSPS) is 23.8. The number of amides is 2. The fraction of sp³-hybridized carbons (Fsp3) is 0.724. The van der Waals surface area contributed by atoms with Crippen LogP contribution in [0.25, 0.3) is 0 Å². The maximum absolute atomic E-state index is 12.8. The number of likely N-dealkylation sites (tertiary alicyclic amines) is 2. The number of piperidine rings is 2. The molecule has 2 amide bonds. The van der Waals surface area contributed by atoms with Crippen molar-refractivity contribution in [1.82, 2.24) is 15.1 Å². The molecule has 0 radical (unpaired) electrons. The highest BCUT2D eigenvalue weighted by atomic mass is 16.6. The summed E-state index contributed by atoms with van der Waals surface area (Å²) in [5.74, 6) is 0.406. The average molecular weight is 517 g/mol. The summed E-state index contributed by atoms with van der Waals surface area (Å²) in [5, 5.41) is 5.91. The summed E-state index contributed by atoms with van der Waals surface area (Å²) in [6.45, 7) is 19.3. The van der Waals surface area contributed by atoms with Crippen molar-refractivity contribution >= 4 is 17.9 Å². The van der Waals surface area contributed by atoms with E-state index in [9.17, 15) is 9.59 Å². The molecule has 2 N–H and O–H groups in total. The predicted octanol–water partition coefficient (Wildman–Crippen LogP) is 5.93. The number of carbonyl (C=O) groups excluding carboxylic acids is 2. The molecule has 0 aliphatic carbocycles. The number of nitrogens with zero attached hydrogens (tertiary/aromatic N) is 2. The number of benzene rings is 1. The van der Waals surface area contributed by atoms with Crippen LogP contribution in [-0.2, 0) is 4.74 Å². The minimum atomic E-state index is -0.498. The van der Waals surface area contributed by atoms with Crippen LogP contribution in [-0.4, -0.2) is 70.4 Å². The SMILES string of the molecule is Cc1c(NC(=O)OC2CC(C)(C)N(C)C(C)(C)C2)cccc1OC(=O)NC1CC(C)(C)N(C)C(C)(C)C1. The Bertz CT molecular complexity index is 905. The molecule has 1 aromatic carbocycles. The lowest BCUT2D eigenvalue weighted by Gasteiger charge is -2.53. The third-order valence-electron chi connectivity index (χ3n) is 8.90. The van der Waals surface area contributed by atoms with Gasteiger partial charge in [0.05, 0.1) is 5.69 Å². The molecule has 2 heterocycles. The number of hydrogen-bond donors (Lipinski definition) is 2. The lowest BCUT2D eigenvalue weighted by atomic mass is 9.77. The Hall–Kier alpha value is -2.32. The largest absolute Gasteiger partial charge is 0.446 e. The summed E-state index contributed by atoms with van der Waals surface area (Å²) in [5.41, 5.74) is 0.978. The summed E-state index contributed by atoms with van der Waals surface area (Å²) in [6.07, 6.45) is 2.01. The van der Waals surface area contributed by atoms with Gasteiger partial charge in [0.15, 0.2) is 0 Å². The second-order valence-electron chi connectivity index (χ2n) is 13.5. The van der Waals surface area contributed by atoms with E-state index in [1.807, 2.05) is 6.92 Å². The minimum Gasteiger partial charge on any atom is -0.446 e. The minimum absolute atomic E-state index is 0.00771. The molecule has 0 aromatic heterocycles. The van der Waals surface area contributed by atoms with Crippen molar-refractivity contribution in [2.24, 2.45) is 0 Å². The van der Waals surface area contributed by atoms with E-state index in [2.05, 4.69) is 89.9 Å². The van der Waals surface area contributed by atoms with Gasteiger partial charge in [-0.1, -0.05) is 6.07 Å². The Balaban J connectivity index is 1.62. The zero-order valence-electron chi connectivity index (χ0n) is 24.7. The fourth-order valence-corrected chi connectivity index (χ4v) is 6.28. The van der Waals surface area contributed by atoms with Crippen LogP contribution in [0.15, 0.2) is 18.2 Å². The molecule has 8 heteroatoms. The first-order chi connectivity index (χ1) is 16.8. The number of ether oxygens (including phenoxy) is 2. The van der Waals surface area contributed by atoms with E-state index >= 15 is 0 Å². The van der Waals surface area contributed by atoms with Crippen LogP contribution in [0.2, 0.25) is 0 Å². The van der Waals surface area contributed by atoms with Crippen molar-refractivity contribution in [3.63, 3.8) is 0 Å². The Morgan fingerprint density at radius 1 is 0.811 bits per heavy atom. The molecule has 8 nitrogen and oxygen atoms in total. The molecule has 0 atom stereocenters. The molecular formula is C29H48N4O4. The quantitative estimate of drug-likeness (QED) is 0.516. The lowest BCUT2D eigenvalue weighted by molar-refractivity contribution is -0.0659. The van der Waals surface area contributed by atoms with Crippen molar-refractivity contribution in [3.05, 3.63) is 23.8 Å². The summed E-state index contributed by atoms with van der Waals surface area (Å²) >= 11 is 0. The molecule has 37 heavy (non-hydrogen) atoms. The van der Waals surface area contributed by atoms with Gasteiger partial charge in [-0.15, -0.1) is 0 Å². The molecule has 0 spiro atoms. The smallest absolute Gasteiger partial charge is 0.412 e. The number of anilines is 1. The number of hydrogen-bond acceptors (Lipinski definition) is 6. The highest BCUT2D eigenvalue weighted by Crippen LogP contribution is 2.39. The second-order valence-corrected chi connectivity index (χ2v) is 13.5. The van der Waals surface area contributed by atoms with Crippen LogP contribution < -0.4 is 15.4 Å². The summed E-state index contributed by atoms with van der Waals surface area (Å²) in [6, 6.07) is 5.28. The van der Waals surface area contributed by atoms with Crippen LogP contribution in [0, 0.1) is 6.92 Å². The van der Waals surface area contributed by atoms with E-state index in [1.54, 1.807) is 18.2 Å². The van der Waals surface area contributed by atoms with Crippen LogP contribution >= 0.6 is 0 Å². The molecule has 2 fully saturated rings. The van der Waals surface area contributed by atoms with Crippen LogP contribution in [0.4, 0.5) is 15.3 Å². The summed E-state index contributed by atoms with van der Waals surface area (Å²) < 4.78 is 11.5. The van der Waals surface area contributed by atoms with E-state index in [-0.39, 0.29) is 34.3 Å². The van der Waals surface area contributed by atoms with Crippen molar-refractivity contribution in [2.45, 2.75) is 122 Å².